The molecule has 0 bridgehead atoms. The van der Waals surface area contributed by atoms with Crippen molar-refractivity contribution in [2.75, 3.05) is 23.7 Å². The highest BCUT2D eigenvalue weighted by Gasteiger charge is 2.19. The van der Waals surface area contributed by atoms with Crippen LogP contribution in [0.15, 0.2) is 18.3 Å². The van der Waals surface area contributed by atoms with Crippen LogP contribution in [0.3, 0.4) is 0 Å². The molecule has 2 heterocycles. The Morgan fingerprint density at radius 1 is 1.67 bits per heavy atom. The zero-order chi connectivity index (χ0) is 10.7. The highest BCUT2D eigenvalue weighted by atomic mass is 32.2. The van der Waals surface area contributed by atoms with E-state index in [-0.39, 0.29) is 0 Å². The summed E-state index contributed by atoms with van der Waals surface area (Å²) in [4.78, 5) is 5.82. The van der Waals surface area contributed by atoms with E-state index in [2.05, 4.69) is 16.8 Å². The van der Waals surface area contributed by atoms with Crippen molar-refractivity contribution in [2.24, 2.45) is 0 Å². The Hall–Kier alpha value is -0.770. The van der Waals surface area contributed by atoms with Gasteiger partial charge in [-0.2, -0.15) is 16.2 Å². The van der Waals surface area contributed by atoms with Crippen molar-refractivity contribution >= 4 is 17.4 Å². The molecule has 1 aliphatic heterocycles. The van der Waals surface area contributed by atoms with E-state index in [0.29, 0.717) is 5.25 Å². The fraction of sp³-hybridized carbons (Fsp3) is 0.545. The quantitative estimate of drug-likeness (QED) is 0.721. The molecule has 0 spiro atoms. The van der Waals surface area contributed by atoms with E-state index in [9.17, 15) is 4.39 Å². The van der Waals surface area contributed by atoms with Gasteiger partial charge in [-0.3, -0.25) is 0 Å². The lowest BCUT2D eigenvalue weighted by Gasteiger charge is -2.33. The summed E-state index contributed by atoms with van der Waals surface area (Å²) < 4.78 is 13.0. The van der Waals surface area contributed by atoms with Gasteiger partial charge in [-0.15, -0.1) is 0 Å². The first-order valence-electron chi connectivity index (χ1n) is 5.27. The number of thioether (sulfide) groups is 1. The van der Waals surface area contributed by atoms with Crippen LogP contribution in [-0.4, -0.2) is 29.1 Å². The molecule has 15 heavy (non-hydrogen) atoms. The summed E-state index contributed by atoms with van der Waals surface area (Å²) >= 11 is 2.01. The van der Waals surface area contributed by atoms with Gasteiger partial charge in [0.05, 0.1) is 0 Å². The van der Waals surface area contributed by atoms with Gasteiger partial charge >= 0.3 is 0 Å². The normalized spacial score (nSPS) is 21.7. The van der Waals surface area contributed by atoms with Gasteiger partial charge in [-0.1, -0.05) is 6.92 Å². The molecule has 0 aromatic carbocycles. The molecule has 1 atom stereocenters. The lowest BCUT2D eigenvalue weighted by atomic mass is 10.2. The highest BCUT2D eigenvalue weighted by Crippen LogP contribution is 2.25. The number of anilines is 1. The molecule has 0 radical (unpaired) electrons. The van der Waals surface area contributed by atoms with Crippen LogP contribution < -0.4 is 4.90 Å². The minimum Gasteiger partial charge on any atom is -0.369 e. The summed E-state index contributed by atoms with van der Waals surface area (Å²) in [6.45, 7) is 4.23. The van der Waals surface area contributed by atoms with Crippen molar-refractivity contribution in [1.82, 2.24) is 4.98 Å². The third-order valence-electron chi connectivity index (χ3n) is 2.67. The van der Waals surface area contributed by atoms with Crippen LogP contribution >= 0.6 is 11.8 Å². The Labute approximate surface area is 93.9 Å². The first-order valence-corrected chi connectivity index (χ1v) is 6.32. The number of halogens is 1. The van der Waals surface area contributed by atoms with E-state index < -0.39 is 5.95 Å². The maximum Gasteiger partial charge on any atom is 0.214 e. The van der Waals surface area contributed by atoms with Crippen molar-refractivity contribution in [3.63, 3.8) is 0 Å². The van der Waals surface area contributed by atoms with Crippen LogP contribution in [0.4, 0.5) is 10.1 Å². The van der Waals surface area contributed by atoms with Crippen LogP contribution in [0, 0.1) is 5.95 Å². The summed E-state index contributed by atoms with van der Waals surface area (Å²) in [7, 11) is 0. The van der Waals surface area contributed by atoms with Gasteiger partial charge in [0.1, 0.15) is 0 Å². The van der Waals surface area contributed by atoms with Crippen LogP contribution in [0.25, 0.3) is 0 Å². The molecule has 1 saturated heterocycles. The van der Waals surface area contributed by atoms with Crippen LogP contribution in [0.5, 0.6) is 0 Å². The lowest BCUT2D eigenvalue weighted by molar-refractivity contribution is 0.582. The van der Waals surface area contributed by atoms with E-state index in [1.54, 1.807) is 0 Å². The Balaban J connectivity index is 2.09. The molecule has 1 fully saturated rings. The monoisotopic (exact) mass is 226 g/mol. The fourth-order valence-corrected chi connectivity index (χ4v) is 2.97. The van der Waals surface area contributed by atoms with Crippen molar-refractivity contribution in [3.05, 3.63) is 24.3 Å². The molecule has 0 amide bonds. The highest BCUT2D eigenvalue weighted by molar-refractivity contribution is 8.00. The second-order valence-corrected chi connectivity index (χ2v) is 5.09. The first-order chi connectivity index (χ1) is 7.29. The minimum atomic E-state index is -0.390. The molecule has 82 valence electrons. The van der Waals surface area contributed by atoms with E-state index in [1.165, 1.54) is 18.7 Å². The predicted molar refractivity (Wildman–Crippen MR) is 62.9 cm³/mol. The summed E-state index contributed by atoms with van der Waals surface area (Å²) in [6.07, 6.45) is 2.71. The van der Waals surface area contributed by atoms with E-state index >= 15 is 0 Å². The topological polar surface area (TPSA) is 16.1 Å². The molecule has 0 aliphatic carbocycles. The second-order valence-electron chi connectivity index (χ2n) is 3.68. The van der Waals surface area contributed by atoms with Gasteiger partial charge in [0.15, 0.2) is 0 Å². The third kappa shape index (κ3) is 2.62. The molecule has 4 heteroatoms. The van der Waals surface area contributed by atoms with Crippen LogP contribution in [-0.2, 0) is 0 Å². The Bertz CT molecular complexity index is 332. The summed E-state index contributed by atoms with van der Waals surface area (Å²) in [5.74, 6) is 0.737. The average molecular weight is 226 g/mol. The summed E-state index contributed by atoms with van der Waals surface area (Å²) in [5, 5.41) is 0.676. The number of hydrogen-bond acceptors (Lipinski definition) is 3. The van der Waals surface area contributed by atoms with Gasteiger partial charge in [0.25, 0.3) is 0 Å². The standard InChI is InChI=1S/C11H15FN2S/c1-2-10-8-14(5-6-15-10)9-3-4-13-11(12)7-9/h3-4,7,10H,2,5-6,8H2,1H3. The summed E-state index contributed by atoms with van der Waals surface area (Å²) in [5.41, 5.74) is 0.959. The van der Waals surface area contributed by atoms with Gasteiger partial charge in [0, 0.05) is 42.0 Å². The number of aromatic nitrogens is 1. The second kappa shape index (κ2) is 4.84. The maximum absolute atomic E-state index is 13.0. The van der Waals surface area contributed by atoms with Crippen LogP contribution in [0.2, 0.25) is 0 Å². The lowest BCUT2D eigenvalue weighted by Crippen LogP contribution is -2.37. The largest absolute Gasteiger partial charge is 0.369 e. The maximum atomic E-state index is 13.0. The van der Waals surface area contributed by atoms with Crippen molar-refractivity contribution in [2.45, 2.75) is 18.6 Å². The van der Waals surface area contributed by atoms with Gasteiger partial charge < -0.3 is 4.90 Å². The predicted octanol–water partition coefficient (Wildman–Crippen LogP) is 2.55. The Morgan fingerprint density at radius 3 is 3.27 bits per heavy atom. The molecule has 1 unspecified atom stereocenters. The molecule has 1 aromatic heterocycles. The molecular formula is C11H15FN2S. The smallest absolute Gasteiger partial charge is 0.214 e. The van der Waals surface area contributed by atoms with Gasteiger partial charge in [-0.25, -0.2) is 4.98 Å². The zero-order valence-corrected chi connectivity index (χ0v) is 9.63. The first kappa shape index (κ1) is 10.7. The Morgan fingerprint density at radius 2 is 2.53 bits per heavy atom. The van der Waals surface area contributed by atoms with E-state index in [1.807, 2.05) is 17.8 Å². The van der Waals surface area contributed by atoms with Crippen molar-refractivity contribution < 1.29 is 4.39 Å². The molecule has 1 aromatic rings. The third-order valence-corrected chi connectivity index (χ3v) is 4.04. The number of hydrogen-bond donors (Lipinski definition) is 0. The Kier molecular flexibility index (Phi) is 3.46. The molecular weight excluding hydrogens is 211 g/mol. The molecule has 2 rings (SSSR count). The number of pyridine rings is 1. The van der Waals surface area contributed by atoms with E-state index in [4.69, 9.17) is 0 Å². The number of nitrogens with zero attached hydrogens (tertiary/aromatic N) is 2. The van der Waals surface area contributed by atoms with Crippen LogP contribution in [0.1, 0.15) is 13.3 Å². The molecule has 0 N–H and O–H groups in total. The zero-order valence-electron chi connectivity index (χ0n) is 8.82. The van der Waals surface area contributed by atoms with Crippen molar-refractivity contribution in [3.8, 4) is 0 Å². The fourth-order valence-electron chi connectivity index (χ4n) is 1.79. The number of rotatable bonds is 2. The molecule has 1 aliphatic rings. The minimum absolute atomic E-state index is 0.390. The molecule has 0 saturated carbocycles. The molecule has 2 nitrogen and oxygen atoms in total. The summed E-state index contributed by atoms with van der Waals surface area (Å²) in [6, 6.07) is 3.40. The van der Waals surface area contributed by atoms with Crippen molar-refractivity contribution in [1.29, 1.82) is 0 Å². The van der Waals surface area contributed by atoms with E-state index in [0.717, 1.165) is 24.5 Å². The van der Waals surface area contributed by atoms with Gasteiger partial charge in [-0.05, 0) is 12.5 Å². The van der Waals surface area contributed by atoms with Gasteiger partial charge in [0.2, 0.25) is 5.95 Å². The average Bonchev–Trinajstić information content (AvgIpc) is 2.29. The SMILES string of the molecule is CCC1CN(c2ccnc(F)c2)CCS1.